The predicted molar refractivity (Wildman–Crippen MR) is 113 cm³/mol. The lowest BCUT2D eigenvalue weighted by molar-refractivity contribution is 0.0523. The Kier molecular flexibility index (Phi) is 4.50. The highest BCUT2D eigenvalue weighted by Gasteiger charge is 2.47. The lowest BCUT2D eigenvalue weighted by atomic mass is 9.69. The average molecular weight is 405 g/mol. The molecule has 1 aromatic carbocycles. The van der Waals surface area contributed by atoms with E-state index in [0.29, 0.717) is 29.1 Å². The molecule has 2 N–H and O–H groups in total. The van der Waals surface area contributed by atoms with Crippen molar-refractivity contribution in [3.8, 4) is 17.0 Å². The molecule has 4 heterocycles. The van der Waals surface area contributed by atoms with Crippen molar-refractivity contribution < 1.29 is 9.50 Å². The van der Waals surface area contributed by atoms with Crippen LogP contribution in [0.2, 0.25) is 0 Å². The second-order valence-corrected chi connectivity index (χ2v) is 8.74. The largest absolute Gasteiger partial charge is 0.507 e. The number of nitrogens with zero attached hydrogens (tertiary/aromatic N) is 4. The Morgan fingerprint density at radius 3 is 2.93 bits per heavy atom. The number of halogens is 1. The van der Waals surface area contributed by atoms with Gasteiger partial charge in [0, 0.05) is 40.8 Å². The van der Waals surface area contributed by atoms with Crippen molar-refractivity contribution in [1.82, 2.24) is 25.5 Å². The molecule has 0 spiro atoms. The molecule has 0 aliphatic carbocycles. The second-order valence-electron chi connectivity index (χ2n) is 8.74. The van der Waals surface area contributed by atoms with E-state index in [2.05, 4.69) is 39.0 Å². The summed E-state index contributed by atoms with van der Waals surface area (Å²) < 4.78 is 15.1. The number of nitrogens with one attached hydrogen (secondary N) is 1. The van der Waals surface area contributed by atoms with Gasteiger partial charge in [0.1, 0.15) is 17.6 Å². The number of hydrogen-bond acceptors (Lipinski definition) is 6. The van der Waals surface area contributed by atoms with Crippen LogP contribution in [0.25, 0.3) is 27.6 Å². The summed E-state index contributed by atoms with van der Waals surface area (Å²) >= 11 is 0. The maximum atomic E-state index is 15.1. The maximum Gasteiger partial charge on any atom is 0.177 e. The molecule has 1 unspecified atom stereocenters. The zero-order chi connectivity index (χ0) is 20.9. The van der Waals surface area contributed by atoms with Crippen LogP contribution in [-0.2, 0) is 0 Å². The number of benzene rings is 1. The van der Waals surface area contributed by atoms with Crippen LogP contribution in [0.1, 0.15) is 38.4 Å². The molecule has 6 nitrogen and oxygen atoms in total. The summed E-state index contributed by atoms with van der Waals surface area (Å²) in [5.74, 6) is 0.122. The molecule has 0 saturated carbocycles. The molecule has 0 amide bonds. The summed E-state index contributed by atoms with van der Waals surface area (Å²) in [5, 5.41) is 24.1. The SMILES string of the molecule is C=C(c1ncc(-c2cc3ccncc3cc2O)nn1)[C@@H]1C[C@@]2(C)CCCC(N2)[C@H]1F. The van der Waals surface area contributed by atoms with Gasteiger partial charge in [-0.15, -0.1) is 10.2 Å². The summed E-state index contributed by atoms with van der Waals surface area (Å²) in [7, 11) is 0. The van der Waals surface area contributed by atoms with Crippen LogP contribution >= 0.6 is 0 Å². The Morgan fingerprint density at radius 1 is 1.27 bits per heavy atom. The molecule has 154 valence electrons. The quantitative estimate of drug-likeness (QED) is 0.684. The third-order valence-corrected chi connectivity index (χ3v) is 6.54. The third kappa shape index (κ3) is 3.23. The van der Waals surface area contributed by atoms with E-state index in [1.807, 2.05) is 12.1 Å². The number of piperidine rings is 2. The fraction of sp³-hybridized carbons (Fsp3) is 0.391. The molecule has 2 bridgehead atoms. The van der Waals surface area contributed by atoms with Crippen molar-refractivity contribution in [2.75, 3.05) is 0 Å². The van der Waals surface area contributed by atoms with Crippen LogP contribution in [0.5, 0.6) is 5.75 Å². The topological polar surface area (TPSA) is 83.8 Å². The van der Waals surface area contributed by atoms with Crippen LogP contribution in [0.4, 0.5) is 4.39 Å². The molecular weight excluding hydrogens is 381 g/mol. The first-order valence-electron chi connectivity index (χ1n) is 10.3. The smallest absolute Gasteiger partial charge is 0.177 e. The van der Waals surface area contributed by atoms with Gasteiger partial charge in [0.2, 0.25) is 0 Å². The van der Waals surface area contributed by atoms with E-state index in [-0.39, 0.29) is 23.2 Å². The maximum absolute atomic E-state index is 15.1. The number of alkyl halides is 1. The van der Waals surface area contributed by atoms with Crippen molar-refractivity contribution in [1.29, 1.82) is 0 Å². The number of aromatic hydroxyl groups is 1. The minimum atomic E-state index is -1.01. The average Bonchev–Trinajstić information content (AvgIpc) is 2.75. The number of aromatic nitrogens is 4. The van der Waals surface area contributed by atoms with Gasteiger partial charge in [-0.05, 0) is 61.8 Å². The second kappa shape index (κ2) is 7.09. The molecule has 5 rings (SSSR count). The molecule has 7 heteroatoms. The Labute approximate surface area is 174 Å². The highest BCUT2D eigenvalue weighted by molar-refractivity contribution is 5.89. The van der Waals surface area contributed by atoms with Crippen molar-refractivity contribution >= 4 is 16.3 Å². The number of allylic oxidation sites excluding steroid dienone is 1. The molecule has 2 saturated heterocycles. The lowest BCUT2D eigenvalue weighted by Gasteiger charge is -2.49. The van der Waals surface area contributed by atoms with Gasteiger partial charge in [-0.1, -0.05) is 6.58 Å². The van der Waals surface area contributed by atoms with E-state index in [0.717, 1.165) is 30.0 Å². The van der Waals surface area contributed by atoms with Crippen LogP contribution in [-0.4, -0.2) is 43.0 Å². The van der Waals surface area contributed by atoms with Gasteiger partial charge in [-0.25, -0.2) is 9.37 Å². The van der Waals surface area contributed by atoms with Gasteiger partial charge in [0.05, 0.1) is 6.20 Å². The number of phenolic OH excluding ortho intramolecular Hbond substituents is 1. The van der Waals surface area contributed by atoms with Crippen LogP contribution in [0.15, 0.2) is 43.4 Å². The Morgan fingerprint density at radius 2 is 2.13 bits per heavy atom. The fourth-order valence-corrected chi connectivity index (χ4v) is 4.94. The van der Waals surface area contributed by atoms with E-state index in [4.69, 9.17) is 0 Å². The van der Waals surface area contributed by atoms with Gasteiger partial charge in [-0.3, -0.25) is 4.98 Å². The van der Waals surface area contributed by atoms with E-state index in [9.17, 15) is 5.11 Å². The van der Waals surface area contributed by atoms with Gasteiger partial charge < -0.3 is 10.4 Å². The van der Waals surface area contributed by atoms with Crippen LogP contribution in [0, 0.1) is 5.92 Å². The molecule has 30 heavy (non-hydrogen) atoms. The first kappa shape index (κ1) is 19.1. The zero-order valence-electron chi connectivity index (χ0n) is 16.8. The lowest BCUT2D eigenvalue weighted by Crippen LogP contribution is -2.62. The first-order valence-corrected chi connectivity index (χ1v) is 10.3. The van der Waals surface area contributed by atoms with E-state index < -0.39 is 6.17 Å². The monoisotopic (exact) mass is 405 g/mol. The number of phenols is 1. The van der Waals surface area contributed by atoms with Gasteiger partial charge in [0.25, 0.3) is 0 Å². The Hall–Kier alpha value is -2.93. The third-order valence-electron chi connectivity index (χ3n) is 6.54. The zero-order valence-corrected chi connectivity index (χ0v) is 16.8. The number of pyridine rings is 1. The molecule has 3 aromatic rings. The van der Waals surface area contributed by atoms with E-state index >= 15 is 4.39 Å². The highest BCUT2D eigenvalue weighted by Crippen LogP contribution is 2.43. The standard InChI is InChI=1S/C23H24FN5O/c1-13(17-10-23(2)6-3-4-18(27-23)21(17)24)22-26-12-19(28-29-22)16-8-14-5-7-25-11-15(14)9-20(16)30/h5,7-9,11-12,17-18,21,27,30H,1,3-4,6,10H2,2H3/t17-,18?,21-,23+/m0/s1. The highest BCUT2D eigenvalue weighted by atomic mass is 19.1. The van der Waals surface area contributed by atoms with Crippen molar-refractivity contribution in [3.05, 3.63) is 49.2 Å². The predicted octanol–water partition coefficient (Wildman–Crippen LogP) is 4.06. The molecule has 2 aliphatic rings. The summed E-state index contributed by atoms with van der Waals surface area (Å²) in [5.41, 5.74) is 1.51. The number of fused-ring (bicyclic) bond motifs is 3. The number of rotatable bonds is 3. The van der Waals surface area contributed by atoms with Crippen molar-refractivity contribution in [2.45, 2.75) is 50.4 Å². The van der Waals surface area contributed by atoms with Crippen LogP contribution < -0.4 is 5.32 Å². The van der Waals surface area contributed by atoms with E-state index in [1.54, 1.807) is 24.7 Å². The van der Waals surface area contributed by atoms with Crippen LogP contribution in [0.3, 0.4) is 0 Å². The van der Waals surface area contributed by atoms with Crippen molar-refractivity contribution in [3.63, 3.8) is 0 Å². The summed E-state index contributed by atoms with van der Waals surface area (Å²) in [6, 6.07) is 5.20. The molecule has 4 atom stereocenters. The normalized spacial score (nSPS) is 28.4. The Balaban J connectivity index is 1.42. The van der Waals surface area contributed by atoms with Crippen molar-refractivity contribution in [2.24, 2.45) is 5.92 Å². The molecule has 2 fully saturated rings. The first-order chi connectivity index (χ1) is 14.4. The molecular formula is C23H24FN5O. The summed E-state index contributed by atoms with van der Waals surface area (Å²) in [4.78, 5) is 8.49. The van der Waals surface area contributed by atoms with Gasteiger partial charge in [0.15, 0.2) is 5.82 Å². The van der Waals surface area contributed by atoms with Gasteiger partial charge >= 0.3 is 0 Å². The minimum absolute atomic E-state index is 0.0712. The molecule has 2 aromatic heterocycles. The van der Waals surface area contributed by atoms with E-state index in [1.165, 1.54) is 0 Å². The minimum Gasteiger partial charge on any atom is -0.507 e. The van der Waals surface area contributed by atoms with Gasteiger partial charge in [-0.2, -0.15) is 0 Å². The Bertz CT molecular complexity index is 1120. The summed E-state index contributed by atoms with van der Waals surface area (Å²) in [6.07, 6.45) is 7.55. The fourth-order valence-electron chi connectivity index (χ4n) is 4.94. The summed E-state index contributed by atoms with van der Waals surface area (Å²) in [6.45, 7) is 6.29. The molecule has 0 radical (unpaired) electrons. The molecule has 2 aliphatic heterocycles. The number of hydrogen-bond donors (Lipinski definition) is 2.